The molecule has 166 valence electrons. The largest absolute Gasteiger partial charge is 0.460 e. The summed E-state index contributed by atoms with van der Waals surface area (Å²) < 4.78 is 17.2. The molecule has 1 aromatic carbocycles. The van der Waals surface area contributed by atoms with Crippen LogP contribution in [-0.2, 0) is 30.4 Å². The lowest BCUT2D eigenvalue weighted by Crippen LogP contribution is -2.37. The predicted octanol–water partition coefficient (Wildman–Crippen LogP) is 2.94. The maximum Gasteiger partial charge on any atom is 0.320 e. The number of epoxide rings is 1. The summed E-state index contributed by atoms with van der Waals surface area (Å²) in [4.78, 5) is 26.9. The summed E-state index contributed by atoms with van der Waals surface area (Å²) in [6, 6.07) is 9.60. The number of carbonyl (C=O) groups excluding carboxylic acids is 2. The maximum atomic E-state index is 12.7. The fourth-order valence-electron chi connectivity index (χ4n) is 4.79. The Morgan fingerprint density at radius 3 is 2.84 bits per heavy atom. The van der Waals surface area contributed by atoms with E-state index in [2.05, 4.69) is 18.8 Å². The van der Waals surface area contributed by atoms with Gasteiger partial charge in [0.1, 0.15) is 18.8 Å². The van der Waals surface area contributed by atoms with Crippen LogP contribution in [0.3, 0.4) is 0 Å². The molecule has 0 N–H and O–H groups in total. The third-order valence-electron chi connectivity index (χ3n) is 6.59. The third kappa shape index (κ3) is 5.28. The van der Waals surface area contributed by atoms with E-state index >= 15 is 0 Å². The van der Waals surface area contributed by atoms with E-state index in [4.69, 9.17) is 14.2 Å². The third-order valence-corrected chi connectivity index (χ3v) is 6.59. The Kier molecular flexibility index (Phi) is 6.64. The molecular weight excluding hydrogens is 394 g/mol. The molecule has 2 saturated heterocycles. The molecule has 0 aromatic heterocycles. The molecule has 0 spiro atoms. The minimum absolute atomic E-state index is 0.0364. The minimum Gasteiger partial charge on any atom is -0.460 e. The van der Waals surface area contributed by atoms with E-state index in [1.165, 1.54) is 0 Å². The fraction of sp³-hybridized carbons (Fsp3) is 0.600. The monoisotopic (exact) mass is 425 g/mol. The molecule has 0 radical (unpaired) electrons. The van der Waals surface area contributed by atoms with Gasteiger partial charge in [0.2, 0.25) is 0 Å². The lowest BCUT2D eigenvalue weighted by molar-refractivity contribution is -0.148. The number of esters is 2. The summed E-state index contributed by atoms with van der Waals surface area (Å²) in [5.41, 5.74) is 0.740. The van der Waals surface area contributed by atoms with Gasteiger partial charge >= 0.3 is 11.9 Å². The molecule has 6 heteroatoms. The van der Waals surface area contributed by atoms with Gasteiger partial charge in [-0.3, -0.25) is 14.5 Å². The first kappa shape index (κ1) is 21.9. The van der Waals surface area contributed by atoms with Gasteiger partial charge in [0.05, 0.1) is 18.1 Å². The van der Waals surface area contributed by atoms with E-state index in [0.717, 1.165) is 37.7 Å². The van der Waals surface area contributed by atoms with E-state index in [0.29, 0.717) is 6.54 Å². The highest BCUT2D eigenvalue weighted by Gasteiger charge is 2.62. The number of hydrogen-bond acceptors (Lipinski definition) is 6. The molecule has 5 atom stereocenters. The molecule has 0 bridgehead atoms. The van der Waals surface area contributed by atoms with Crippen molar-refractivity contribution in [2.45, 2.75) is 63.4 Å². The number of rotatable bonds is 6. The normalized spacial score (nSPS) is 32.0. The van der Waals surface area contributed by atoms with Gasteiger partial charge < -0.3 is 14.2 Å². The van der Waals surface area contributed by atoms with Crippen LogP contribution >= 0.6 is 0 Å². The maximum absolute atomic E-state index is 12.7. The topological polar surface area (TPSA) is 68.4 Å². The van der Waals surface area contributed by atoms with Crippen molar-refractivity contribution in [1.82, 2.24) is 4.90 Å². The van der Waals surface area contributed by atoms with Crippen molar-refractivity contribution in [3.63, 3.8) is 0 Å². The van der Waals surface area contributed by atoms with Crippen molar-refractivity contribution in [2.24, 2.45) is 11.8 Å². The second kappa shape index (κ2) is 9.42. The molecule has 2 heterocycles. The first-order valence-electron chi connectivity index (χ1n) is 11.2. The van der Waals surface area contributed by atoms with E-state index < -0.39 is 0 Å². The Bertz CT molecular complexity index is 860. The van der Waals surface area contributed by atoms with Gasteiger partial charge in [-0.2, -0.15) is 0 Å². The molecule has 1 aliphatic carbocycles. The van der Waals surface area contributed by atoms with Crippen molar-refractivity contribution < 1.29 is 23.8 Å². The van der Waals surface area contributed by atoms with Crippen molar-refractivity contribution in [3.8, 4) is 11.8 Å². The first-order valence-corrected chi connectivity index (χ1v) is 11.2. The first-order chi connectivity index (χ1) is 15.0. The Hall–Kier alpha value is -2.36. The molecule has 0 unspecified atom stereocenters. The molecule has 4 rings (SSSR count). The van der Waals surface area contributed by atoms with Crippen molar-refractivity contribution >= 4 is 11.9 Å². The average molecular weight is 426 g/mol. The molecule has 1 aromatic rings. The van der Waals surface area contributed by atoms with Crippen molar-refractivity contribution in [1.29, 1.82) is 0 Å². The van der Waals surface area contributed by atoms with Crippen LogP contribution in [0.2, 0.25) is 0 Å². The van der Waals surface area contributed by atoms with Crippen LogP contribution in [0.25, 0.3) is 0 Å². The lowest BCUT2D eigenvalue weighted by Gasteiger charge is -2.23. The van der Waals surface area contributed by atoms with Gasteiger partial charge in [-0.05, 0) is 38.8 Å². The molecule has 0 saturated carbocycles. The number of ether oxygens (including phenoxy) is 3. The van der Waals surface area contributed by atoms with Crippen LogP contribution < -0.4 is 0 Å². The molecule has 2 fully saturated rings. The highest BCUT2D eigenvalue weighted by Crippen LogP contribution is 2.49. The van der Waals surface area contributed by atoms with Crippen molar-refractivity contribution in [3.05, 3.63) is 35.9 Å². The molecule has 6 nitrogen and oxygen atoms in total. The molecule has 3 aliphatic rings. The summed E-state index contributed by atoms with van der Waals surface area (Å²) >= 11 is 0. The Morgan fingerprint density at radius 1 is 1.26 bits per heavy atom. The van der Waals surface area contributed by atoms with E-state index in [9.17, 15) is 9.59 Å². The van der Waals surface area contributed by atoms with Gasteiger partial charge in [0.25, 0.3) is 0 Å². The Morgan fingerprint density at radius 2 is 2.03 bits per heavy atom. The number of likely N-dealkylation sites (N-methyl/N-ethyl adjacent to an activating group) is 1. The Balaban J connectivity index is 1.34. The summed E-state index contributed by atoms with van der Waals surface area (Å²) in [6.07, 6.45) is 4.12. The molecule has 0 amide bonds. The second-order valence-electron chi connectivity index (χ2n) is 9.11. The zero-order valence-electron chi connectivity index (χ0n) is 18.3. The van der Waals surface area contributed by atoms with Crippen LogP contribution in [0.1, 0.15) is 44.6 Å². The molecule has 31 heavy (non-hydrogen) atoms. The van der Waals surface area contributed by atoms with Gasteiger partial charge in [-0.25, -0.2) is 0 Å². The summed E-state index contributed by atoms with van der Waals surface area (Å²) in [7, 11) is 1.84. The summed E-state index contributed by atoms with van der Waals surface area (Å²) in [5.74, 6) is 5.75. The van der Waals surface area contributed by atoms with Crippen LogP contribution in [0.15, 0.2) is 30.3 Å². The minimum atomic E-state index is -0.305. The summed E-state index contributed by atoms with van der Waals surface area (Å²) in [6.45, 7) is 2.94. The number of hydrogen-bond donors (Lipinski definition) is 0. The van der Waals surface area contributed by atoms with Gasteiger partial charge in [-0.15, -0.1) is 11.8 Å². The fourth-order valence-corrected chi connectivity index (χ4v) is 4.79. The van der Waals surface area contributed by atoms with Gasteiger partial charge in [0, 0.05) is 25.3 Å². The van der Waals surface area contributed by atoms with Crippen LogP contribution in [0, 0.1) is 23.7 Å². The SMILES string of the molecule is CN(CC(=O)OCc1ccccc1)C[C@@H]1C(=O)O[C@H]2[C@H]1CCC#CCCC[C@@]1(C)O[C@@H]21. The standard InChI is InChI=1S/C25H31NO5/c1-25-14-10-5-3-4-9-13-19-20(24(28)30-22(19)23(25)31-25)15-26(2)16-21(27)29-17-18-11-7-6-8-12-18/h6-8,11-12,19-20,22-23H,5,9-10,13-17H2,1-2H3/t19-,20-,22-,23-,25+/m0/s1. The van der Waals surface area contributed by atoms with Crippen LogP contribution in [0.5, 0.6) is 0 Å². The van der Waals surface area contributed by atoms with Crippen LogP contribution in [0.4, 0.5) is 0 Å². The van der Waals surface area contributed by atoms with E-state index in [-0.39, 0.29) is 54.7 Å². The predicted molar refractivity (Wildman–Crippen MR) is 115 cm³/mol. The number of carbonyl (C=O) groups is 2. The van der Waals surface area contributed by atoms with E-state index in [1.807, 2.05) is 42.3 Å². The zero-order chi connectivity index (χ0) is 21.8. The average Bonchev–Trinajstić information content (AvgIpc) is 3.33. The highest BCUT2D eigenvalue weighted by molar-refractivity contribution is 5.76. The van der Waals surface area contributed by atoms with E-state index in [1.54, 1.807) is 0 Å². The number of fused-ring (bicyclic) bond motifs is 3. The summed E-state index contributed by atoms with van der Waals surface area (Å²) in [5, 5.41) is 0. The highest BCUT2D eigenvalue weighted by atomic mass is 16.6. The molecular formula is C25H31NO5. The van der Waals surface area contributed by atoms with Gasteiger partial charge in [-0.1, -0.05) is 30.3 Å². The van der Waals surface area contributed by atoms with Crippen molar-refractivity contribution in [2.75, 3.05) is 20.1 Å². The molecule has 2 aliphatic heterocycles. The lowest BCUT2D eigenvalue weighted by atomic mass is 9.82. The second-order valence-corrected chi connectivity index (χ2v) is 9.11. The quantitative estimate of drug-likeness (QED) is 0.397. The smallest absolute Gasteiger partial charge is 0.320 e. The zero-order valence-corrected chi connectivity index (χ0v) is 18.3. The number of benzene rings is 1. The Labute approximate surface area is 184 Å². The van der Waals surface area contributed by atoms with Gasteiger partial charge in [0.15, 0.2) is 0 Å². The van der Waals surface area contributed by atoms with Crippen LogP contribution in [-0.4, -0.2) is 54.8 Å². The number of nitrogens with zero attached hydrogens (tertiary/aromatic N) is 1.